The number of amides is 3. The van der Waals surface area contributed by atoms with Gasteiger partial charge in [-0.15, -0.1) is 0 Å². The third kappa shape index (κ3) is 4.83. The Kier molecular flexibility index (Phi) is 6.32. The second-order valence-electron chi connectivity index (χ2n) is 7.45. The van der Waals surface area contributed by atoms with Crippen molar-refractivity contribution in [2.45, 2.75) is 40.2 Å². The maximum absolute atomic E-state index is 12.6. The summed E-state index contributed by atoms with van der Waals surface area (Å²) in [6.07, 6.45) is 1.54. The molecule has 1 unspecified atom stereocenters. The summed E-state index contributed by atoms with van der Waals surface area (Å²) in [7, 11) is 0. The molecule has 1 aliphatic heterocycles. The molecule has 2 aromatic carbocycles. The zero-order chi connectivity index (χ0) is 21.0. The summed E-state index contributed by atoms with van der Waals surface area (Å²) in [5, 5.41) is 5.83. The van der Waals surface area contributed by atoms with Crippen LogP contribution in [0.5, 0.6) is 0 Å². The van der Waals surface area contributed by atoms with Crippen LogP contribution in [-0.4, -0.2) is 24.3 Å². The number of carbonyl (C=O) groups is 3. The molecule has 29 heavy (non-hydrogen) atoms. The Bertz CT molecular complexity index is 939. The molecule has 0 aromatic heterocycles. The van der Waals surface area contributed by atoms with Crippen molar-refractivity contribution in [1.82, 2.24) is 5.32 Å². The highest BCUT2D eigenvalue weighted by Crippen LogP contribution is 2.28. The van der Waals surface area contributed by atoms with Crippen LogP contribution in [0.25, 0.3) is 0 Å². The van der Waals surface area contributed by atoms with Crippen LogP contribution >= 0.6 is 0 Å². The van der Waals surface area contributed by atoms with E-state index in [0.717, 1.165) is 35.3 Å². The number of carbonyl (C=O) groups excluding carboxylic acids is 3. The van der Waals surface area contributed by atoms with Gasteiger partial charge >= 0.3 is 0 Å². The van der Waals surface area contributed by atoms with E-state index in [9.17, 15) is 14.4 Å². The minimum absolute atomic E-state index is 0.00793. The minimum atomic E-state index is -0.164. The average molecular weight is 393 g/mol. The summed E-state index contributed by atoms with van der Waals surface area (Å²) in [5.41, 5.74) is 4.12. The molecule has 0 saturated heterocycles. The van der Waals surface area contributed by atoms with Crippen LogP contribution in [0.4, 0.5) is 11.4 Å². The summed E-state index contributed by atoms with van der Waals surface area (Å²) in [4.78, 5) is 38.0. The van der Waals surface area contributed by atoms with Crippen LogP contribution in [0.2, 0.25) is 0 Å². The van der Waals surface area contributed by atoms with Crippen LogP contribution in [0.1, 0.15) is 48.7 Å². The van der Waals surface area contributed by atoms with Crippen molar-refractivity contribution in [1.29, 1.82) is 0 Å². The molecular weight excluding hydrogens is 366 g/mol. The number of rotatable bonds is 6. The van der Waals surface area contributed by atoms with Crippen LogP contribution in [0.3, 0.4) is 0 Å². The van der Waals surface area contributed by atoms with Gasteiger partial charge < -0.3 is 15.5 Å². The van der Waals surface area contributed by atoms with Crippen molar-refractivity contribution in [3.05, 3.63) is 59.2 Å². The number of fused-ring (bicyclic) bond motifs is 1. The Labute approximate surface area is 171 Å². The van der Waals surface area contributed by atoms with E-state index in [1.54, 1.807) is 17.9 Å². The Morgan fingerprint density at radius 3 is 2.66 bits per heavy atom. The van der Waals surface area contributed by atoms with E-state index in [2.05, 4.69) is 10.6 Å². The molecule has 0 spiro atoms. The lowest BCUT2D eigenvalue weighted by atomic mass is 10.1. The second-order valence-corrected chi connectivity index (χ2v) is 7.45. The standard InChI is InChI=1S/C23H27N3O3/c1-4-15(2)22(28)25-20-7-5-6-17(12-20)14-24-23(29)19-8-9-21-18(13-19)10-11-26(21)16(3)27/h5-9,12-13,15H,4,10-11,14H2,1-3H3,(H,24,29)(H,25,28). The molecule has 152 valence electrons. The number of hydrogen-bond donors (Lipinski definition) is 2. The molecule has 6 nitrogen and oxygen atoms in total. The van der Waals surface area contributed by atoms with Gasteiger partial charge in [0.1, 0.15) is 0 Å². The molecule has 6 heteroatoms. The highest BCUT2D eigenvalue weighted by atomic mass is 16.2. The molecule has 1 aliphatic rings. The molecule has 3 rings (SSSR count). The Morgan fingerprint density at radius 2 is 1.93 bits per heavy atom. The Balaban J connectivity index is 1.62. The van der Waals surface area contributed by atoms with E-state index in [1.807, 2.05) is 50.2 Å². The number of nitrogens with one attached hydrogen (secondary N) is 2. The van der Waals surface area contributed by atoms with Gasteiger partial charge in [-0.25, -0.2) is 0 Å². The van der Waals surface area contributed by atoms with Crippen LogP contribution in [-0.2, 0) is 22.6 Å². The smallest absolute Gasteiger partial charge is 0.251 e. The summed E-state index contributed by atoms with van der Waals surface area (Å²) in [6.45, 7) is 6.45. The fourth-order valence-corrected chi connectivity index (χ4v) is 3.36. The first kappa shape index (κ1) is 20.6. The predicted octanol–water partition coefficient (Wildman–Crippen LogP) is 3.51. The topological polar surface area (TPSA) is 78.5 Å². The molecule has 1 heterocycles. The summed E-state index contributed by atoms with van der Waals surface area (Å²) in [5.74, 6) is -0.201. The number of hydrogen-bond acceptors (Lipinski definition) is 3. The zero-order valence-corrected chi connectivity index (χ0v) is 17.1. The lowest BCUT2D eigenvalue weighted by Crippen LogP contribution is -2.26. The van der Waals surface area contributed by atoms with Crippen molar-refractivity contribution in [2.75, 3.05) is 16.8 Å². The predicted molar refractivity (Wildman–Crippen MR) is 114 cm³/mol. The molecule has 2 aromatic rings. The van der Waals surface area contributed by atoms with E-state index in [4.69, 9.17) is 0 Å². The Hall–Kier alpha value is -3.15. The first-order valence-electron chi connectivity index (χ1n) is 9.98. The molecule has 0 aliphatic carbocycles. The summed E-state index contributed by atoms with van der Waals surface area (Å²) >= 11 is 0. The number of nitrogens with zero attached hydrogens (tertiary/aromatic N) is 1. The fourth-order valence-electron chi connectivity index (χ4n) is 3.36. The van der Waals surface area contributed by atoms with Crippen molar-refractivity contribution < 1.29 is 14.4 Å². The number of anilines is 2. The van der Waals surface area contributed by atoms with Gasteiger partial charge in [0.15, 0.2) is 0 Å². The lowest BCUT2D eigenvalue weighted by molar-refractivity contribution is -0.119. The van der Waals surface area contributed by atoms with Crippen molar-refractivity contribution >= 4 is 29.1 Å². The molecule has 3 amide bonds. The van der Waals surface area contributed by atoms with E-state index in [1.165, 1.54) is 0 Å². The first-order valence-corrected chi connectivity index (χ1v) is 9.98. The van der Waals surface area contributed by atoms with Gasteiger partial charge in [0.2, 0.25) is 11.8 Å². The monoisotopic (exact) mass is 393 g/mol. The van der Waals surface area contributed by atoms with Gasteiger partial charge in [0.05, 0.1) is 0 Å². The molecule has 0 radical (unpaired) electrons. The Morgan fingerprint density at radius 1 is 1.14 bits per heavy atom. The summed E-state index contributed by atoms with van der Waals surface area (Å²) < 4.78 is 0. The van der Waals surface area contributed by atoms with Crippen LogP contribution in [0.15, 0.2) is 42.5 Å². The molecule has 0 saturated carbocycles. The van der Waals surface area contributed by atoms with E-state index in [-0.39, 0.29) is 23.6 Å². The third-order valence-electron chi connectivity index (χ3n) is 5.32. The molecule has 0 bridgehead atoms. The average Bonchev–Trinajstić information content (AvgIpc) is 3.15. The van der Waals surface area contributed by atoms with E-state index < -0.39 is 0 Å². The quantitative estimate of drug-likeness (QED) is 0.788. The van der Waals surface area contributed by atoms with Gasteiger partial charge in [-0.05, 0) is 54.3 Å². The molecular formula is C23H27N3O3. The normalized spacial score (nSPS) is 13.6. The highest BCUT2D eigenvalue weighted by molar-refractivity contribution is 5.98. The third-order valence-corrected chi connectivity index (χ3v) is 5.32. The van der Waals surface area contributed by atoms with Gasteiger partial charge in [0, 0.05) is 42.9 Å². The lowest BCUT2D eigenvalue weighted by Gasteiger charge is -2.15. The van der Waals surface area contributed by atoms with Gasteiger partial charge in [-0.1, -0.05) is 26.0 Å². The minimum Gasteiger partial charge on any atom is -0.348 e. The van der Waals surface area contributed by atoms with Gasteiger partial charge in [-0.2, -0.15) is 0 Å². The summed E-state index contributed by atoms with van der Waals surface area (Å²) in [6, 6.07) is 12.9. The van der Waals surface area contributed by atoms with Crippen molar-refractivity contribution in [3.8, 4) is 0 Å². The van der Waals surface area contributed by atoms with Crippen molar-refractivity contribution in [3.63, 3.8) is 0 Å². The SMILES string of the molecule is CCC(C)C(=O)Nc1cccc(CNC(=O)c2ccc3c(c2)CCN3C(C)=O)c1. The number of benzene rings is 2. The fraction of sp³-hybridized carbons (Fsp3) is 0.348. The van der Waals surface area contributed by atoms with E-state index in [0.29, 0.717) is 18.7 Å². The van der Waals surface area contributed by atoms with E-state index >= 15 is 0 Å². The molecule has 0 fully saturated rings. The highest BCUT2D eigenvalue weighted by Gasteiger charge is 2.23. The second kappa shape index (κ2) is 8.90. The van der Waals surface area contributed by atoms with Gasteiger partial charge in [0.25, 0.3) is 5.91 Å². The van der Waals surface area contributed by atoms with Crippen molar-refractivity contribution in [2.24, 2.45) is 5.92 Å². The van der Waals surface area contributed by atoms with Crippen LogP contribution in [0, 0.1) is 5.92 Å². The van der Waals surface area contributed by atoms with Gasteiger partial charge in [-0.3, -0.25) is 14.4 Å². The molecule has 2 N–H and O–H groups in total. The molecule has 1 atom stereocenters. The zero-order valence-electron chi connectivity index (χ0n) is 17.1. The van der Waals surface area contributed by atoms with Crippen LogP contribution < -0.4 is 15.5 Å². The largest absolute Gasteiger partial charge is 0.348 e. The maximum atomic E-state index is 12.6. The maximum Gasteiger partial charge on any atom is 0.251 e. The first-order chi connectivity index (χ1) is 13.9.